The normalized spacial score (nSPS) is 10.3. The number of aryl methyl sites for hydroxylation is 1. The highest BCUT2D eigenvalue weighted by Crippen LogP contribution is 2.26. The van der Waals surface area contributed by atoms with E-state index in [4.69, 9.17) is 11.6 Å². The van der Waals surface area contributed by atoms with E-state index in [9.17, 15) is 0 Å². The predicted molar refractivity (Wildman–Crippen MR) is 66.3 cm³/mol. The summed E-state index contributed by atoms with van der Waals surface area (Å²) < 4.78 is 0. The molecule has 0 radical (unpaired) electrons. The number of halogens is 1. The highest BCUT2D eigenvalue weighted by Gasteiger charge is 2.03. The number of nitrogens with one attached hydrogen (secondary N) is 1. The van der Waals surface area contributed by atoms with Crippen LogP contribution in [0.1, 0.15) is 11.1 Å². The first kappa shape index (κ1) is 10.5. The van der Waals surface area contributed by atoms with Gasteiger partial charge in [0.25, 0.3) is 0 Å². The zero-order chi connectivity index (χ0) is 10.8. The second-order valence-corrected chi connectivity index (χ2v) is 4.59. The number of hydrogen-bond acceptors (Lipinski definition) is 3. The summed E-state index contributed by atoms with van der Waals surface area (Å²) in [7, 11) is 0. The molecule has 0 aliphatic heterocycles. The van der Waals surface area contributed by atoms with Crippen LogP contribution in [0.15, 0.2) is 23.6 Å². The van der Waals surface area contributed by atoms with Crippen molar-refractivity contribution in [2.24, 2.45) is 0 Å². The second-order valence-electron chi connectivity index (χ2n) is 3.35. The van der Waals surface area contributed by atoms with E-state index in [1.807, 2.05) is 17.5 Å². The molecular formula is C11H11ClN2S. The second kappa shape index (κ2) is 4.21. The third kappa shape index (κ3) is 2.30. The number of aromatic nitrogens is 1. The molecule has 1 aromatic carbocycles. The molecule has 1 N–H and O–H groups in total. The van der Waals surface area contributed by atoms with E-state index >= 15 is 0 Å². The summed E-state index contributed by atoms with van der Waals surface area (Å²) in [5, 5.41) is 6.43. The predicted octanol–water partition coefficient (Wildman–Crippen LogP) is 4.16. The number of rotatable bonds is 2. The van der Waals surface area contributed by atoms with Gasteiger partial charge < -0.3 is 5.32 Å². The van der Waals surface area contributed by atoms with E-state index in [1.54, 1.807) is 0 Å². The van der Waals surface area contributed by atoms with Crippen LogP contribution in [0.3, 0.4) is 0 Å². The van der Waals surface area contributed by atoms with Crippen LogP contribution in [0.4, 0.5) is 10.8 Å². The largest absolute Gasteiger partial charge is 0.331 e. The Hall–Kier alpha value is -1.06. The summed E-state index contributed by atoms with van der Waals surface area (Å²) in [4.78, 5) is 4.15. The van der Waals surface area contributed by atoms with Crippen molar-refractivity contribution in [3.63, 3.8) is 0 Å². The molecule has 0 atom stereocenters. The summed E-state index contributed by atoms with van der Waals surface area (Å²) in [5.41, 5.74) is 3.59. The van der Waals surface area contributed by atoms with Crippen LogP contribution >= 0.6 is 22.9 Å². The van der Waals surface area contributed by atoms with Crippen molar-refractivity contribution in [2.45, 2.75) is 13.8 Å². The number of nitrogens with zero attached hydrogens (tertiary/aromatic N) is 1. The molecule has 15 heavy (non-hydrogen) atoms. The van der Waals surface area contributed by atoms with E-state index in [0.29, 0.717) is 5.15 Å². The van der Waals surface area contributed by atoms with Crippen LogP contribution in [0.2, 0.25) is 5.15 Å². The molecule has 0 amide bonds. The fourth-order valence-electron chi connectivity index (χ4n) is 1.31. The fourth-order valence-corrected chi connectivity index (χ4v) is 2.16. The van der Waals surface area contributed by atoms with Crippen LogP contribution in [0.25, 0.3) is 0 Å². The van der Waals surface area contributed by atoms with E-state index in [0.717, 1.165) is 10.8 Å². The minimum atomic E-state index is 0.535. The molecule has 1 aromatic heterocycles. The first-order valence-corrected chi connectivity index (χ1v) is 5.87. The average molecular weight is 239 g/mol. The zero-order valence-corrected chi connectivity index (χ0v) is 10.1. The first-order valence-electron chi connectivity index (χ1n) is 4.61. The maximum Gasteiger partial charge on any atom is 0.188 e. The molecule has 0 aliphatic carbocycles. The van der Waals surface area contributed by atoms with Crippen LogP contribution in [-0.2, 0) is 0 Å². The van der Waals surface area contributed by atoms with Crippen LogP contribution in [-0.4, -0.2) is 4.98 Å². The number of hydrogen-bond donors (Lipinski definition) is 1. The Morgan fingerprint density at radius 3 is 2.80 bits per heavy atom. The van der Waals surface area contributed by atoms with E-state index in [1.165, 1.54) is 22.5 Å². The highest BCUT2D eigenvalue weighted by atomic mass is 35.5. The lowest BCUT2D eigenvalue weighted by Crippen LogP contribution is -1.93. The minimum absolute atomic E-state index is 0.535. The standard InChI is InChI=1S/C11H11ClN2S/c1-7-4-3-5-9(8(7)2)13-11-14-10(12)6-15-11/h3-6H,1-2H3,(H,13,14). The maximum atomic E-state index is 5.76. The smallest absolute Gasteiger partial charge is 0.188 e. The fraction of sp³-hybridized carbons (Fsp3) is 0.182. The average Bonchev–Trinajstić information content (AvgIpc) is 2.59. The van der Waals surface area contributed by atoms with Crippen molar-refractivity contribution < 1.29 is 0 Å². The molecule has 0 saturated carbocycles. The Kier molecular flexibility index (Phi) is 2.93. The van der Waals surface area contributed by atoms with Gasteiger partial charge in [-0.25, -0.2) is 4.98 Å². The van der Waals surface area contributed by atoms with Gasteiger partial charge in [-0.1, -0.05) is 23.7 Å². The lowest BCUT2D eigenvalue weighted by Gasteiger charge is -2.08. The molecule has 2 aromatic rings. The number of thiazole rings is 1. The van der Waals surface area contributed by atoms with Gasteiger partial charge in [0.1, 0.15) is 5.15 Å². The van der Waals surface area contributed by atoms with Crippen molar-refractivity contribution in [1.29, 1.82) is 0 Å². The van der Waals surface area contributed by atoms with Crippen molar-refractivity contribution in [3.05, 3.63) is 39.9 Å². The van der Waals surface area contributed by atoms with Crippen LogP contribution < -0.4 is 5.32 Å². The third-order valence-corrected chi connectivity index (χ3v) is 3.40. The monoisotopic (exact) mass is 238 g/mol. The summed E-state index contributed by atoms with van der Waals surface area (Å²) >= 11 is 7.26. The quantitative estimate of drug-likeness (QED) is 0.850. The van der Waals surface area contributed by atoms with Crippen LogP contribution in [0, 0.1) is 13.8 Å². The van der Waals surface area contributed by atoms with Gasteiger partial charge in [-0.05, 0) is 31.0 Å². The molecule has 2 rings (SSSR count). The van der Waals surface area contributed by atoms with Gasteiger partial charge in [0.05, 0.1) is 0 Å². The Balaban J connectivity index is 2.28. The molecule has 0 fully saturated rings. The third-order valence-electron chi connectivity index (χ3n) is 2.32. The molecule has 0 spiro atoms. The molecule has 0 unspecified atom stereocenters. The lowest BCUT2D eigenvalue weighted by atomic mass is 10.1. The van der Waals surface area contributed by atoms with E-state index in [-0.39, 0.29) is 0 Å². The summed E-state index contributed by atoms with van der Waals surface area (Å²) in [6.45, 7) is 4.18. The molecule has 78 valence electrons. The summed E-state index contributed by atoms with van der Waals surface area (Å²) in [6, 6.07) is 6.16. The Morgan fingerprint density at radius 1 is 1.33 bits per heavy atom. The van der Waals surface area contributed by atoms with Gasteiger partial charge in [-0.2, -0.15) is 0 Å². The van der Waals surface area contributed by atoms with Crippen molar-refractivity contribution in [1.82, 2.24) is 4.98 Å². The van der Waals surface area contributed by atoms with Gasteiger partial charge in [-0.3, -0.25) is 0 Å². The summed E-state index contributed by atoms with van der Waals surface area (Å²) in [6.07, 6.45) is 0. The highest BCUT2D eigenvalue weighted by molar-refractivity contribution is 7.14. The molecule has 4 heteroatoms. The summed E-state index contributed by atoms with van der Waals surface area (Å²) in [5.74, 6) is 0. The van der Waals surface area contributed by atoms with Gasteiger partial charge in [-0.15, -0.1) is 11.3 Å². The topological polar surface area (TPSA) is 24.9 Å². The molecule has 1 heterocycles. The molecular weight excluding hydrogens is 228 g/mol. The van der Waals surface area contributed by atoms with E-state index < -0.39 is 0 Å². The van der Waals surface area contributed by atoms with Crippen LogP contribution in [0.5, 0.6) is 0 Å². The Bertz CT molecular complexity index is 479. The minimum Gasteiger partial charge on any atom is -0.331 e. The molecule has 0 aliphatic rings. The van der Waals surface area contributed by atoms with Gasteiger partial charge in [0, 0.05) is 11.1 Å². The van der Waals surface area contributed by atoms with Gasteiger partial charge >= 0.3 is 0 Å². The number of benzene rings is 1. The maximum absolute atomic E-state index is 5.76. The molecule has 0 saturated heterocycles. The van der Waals surface area contributed by atoms with Gasteiger partial charge in [0.2, 0.25) is 0 Å². The zero-order valence-electron chi connectivity index (χ0n) is 8.54. The Labute approximate surface area is 97.9 Å². The molecule has 0 bridgehead atoms. The SMILES string of the molecule is Cc1cccc(Nc2nc(Cl)cs2)c1C. The van der Waals surface area contributed by atoms with E-state index in [2.05, 4.69) is 30.2 Å². The van der Waals surface area contributed by atoms with Crippen molar-refractivity contribution in [3.8, 4) is 0 Å². The Morgan fingerprint density at radius 2 is 2.13 bits per heavy atom. The lowest BCUT2D eigenvalue weighted by molar-refractivity contribution is 1.31. The van der Waals surface area contributed by atoms with Crippen molar-refractivity contribution in [2.75, 3.05) is 5.32 Å². The van der Waals surface area contributed by atoms with Crippen molar-refractivity contribution >= 4 is 33.8 Å². The first-order chi connectivity index (χ1) is 7.16. The van der Waals surface area contributed by atoms with Gasteiger partial charge in [0.15, 0.2) is 5.13 Å². The number of anilines is 2. The molecule has 2 nitrogen and oxygen atoms in total.